The van der Waals surface area contributed by atoms with Crippen molar-refractivity contribution in [1.29, 1.82) is 0 Å². The number of halogens is 1. The molecule has 1 atom stereocenters. The number of anilines is 1. The molecule has 1 unspecified atom stereocenters. The first kappa shape index (κ1) is 14.5. The van der Waals surface area contributed by atoms with E-state index in [1.165, 1.54) is 17.7 Å². The number of aryl methyl sites for hydroxylation is 1. The van der Waals surface area contributed by atoms with Gasteiger partial charge in [0.1, 0.15) is 5.82 Å². The molecule has 0 radical (unpaired) electrons. The molecule has 3 heteroatoms. The minimum Gasteiger partial charge on any atom is -0.374 e. The van der Waals surface area contributed by atoms with Crippen LogP contribution in [0.4, 0.5) is 10.1 Å². The summed E-state index contributed by atoms with van der Waals surface area (Å²) in [5.74, 6) is -0.112. The number of ketones is 1. The predicted octanol–water partition coefficient (Wildman–Crippen LogP) is 4.58. The lowest BCUT2D eigenvalue weighted by molar-refractivity contribution is -0.115. The second kappa shape index (κ2) is 6.14. The van der Waals surface area contributed by atoms with Crippen LogP contribution in [-0.4, -0.2) is 5.78 Å². The average molecular weight is 295 g/mol. The zero-order valence-corrected chi connectivity index (χ0v) is 12.5. The van der Waals surface area contributed by atoms with Gasteiger partial charge >= 0.3 is 0 Å². The van der Waals surface area contributed by atoms with E-state index in [9.17, 15) is 9.18 Å². The van der Waals surface area contributed by atoms with Crippen LogP contribution in [-0.2, 0) is 4.79 Å². The Morgan fingerprint density at radius 2 is 1.73 bits per heavy atom. The zero-order chi connectivity index (χ0) is 15.5. The number of hydrogen-bond acceptors (Lipinski definition) is 2. The number of carbonyl (C=O) groups is 1. The highest BCUT2D eigenvalue weighted by Gasteiger charge is 2.25. The summed E-state index contributed by atoms with van der Waals surface area (Å²) >= 11 is 0. The monoisotopic (exact) mass is 295 g/mol. The van der Waals surface area contributed by atoms with Crippen LogP contribution in [0.3, 0.4) is 0 Å². The Labute approximate surface area is 129 Å². The lowest BCUT2D eigenvalue weighted by Gasteiger charge is -2.21. The van der Waals surface area contributed by atoms with Crippen LogP contribution in [0.1, 0.15) is 30.0 Å². The van der Waals surface area contributed by atoms with Crippen molar-refractivity contribution in [2.24, 2.45) is 0 Å². The van der Waals surface area contributed by atoms with Crippen LogP contribution in [0.25, 0.3) is 0 Å². The Balaban J connectivity index is 1.94. The minimum atomic E-state index is -0.274. The molecule has 0 bridgehead atoms. The molecule has 0 aliphatic heterocycles. The van der Waals surface area contributed by atoms with Gasteiger partial charge in [-0.1, -0.05) is 35.9 Å². The molecule has 0 fully saturated rings. The van der Waals surface area contributed by atoms with E-state index in [4.69, 9.17) is 0 Å². The third-order valence-electron chi connectivity index (χ3n) is 3.93. The molecule has 0 aromatic heterocycles. The number of allylic oxidation sites excluding steroid dienone is 1. The number of benzene rings is 2. The van der Waals surface area contributed by atoms with E-state index < -0.39 is 0 Å². The standard InChI is InChI=1S/C19H18FNO/c1-13-5-11-16(12-6-13)21-19(17-3-2-4-18(17)22)14-7-9-15(20)10-8-14/h3,5-12,19,21H,2,4H2,1H3. The van der Waals surface area contributed by atoms with Crippen LogP contribution in [0.5, 0.6) is 0 Å². The Morgan fingerprint density at radius 1 is 1.05 bits per heavy atom. The summed E-state index contributed by atoms with van der Waals surface area (Å²) in [5, 5.41) is 3.40. The van der Waals surface area contributed by atoms with Gasteiger partial charge in [-0.3, -0.25) is 4.79 Å². The van der Waals surface area contributed by atoms with Crippen molar-refractivity contribution in [2.45, 2.75) is 25.8 Å². The van der Waals surface area contributed by atoms with E-state index in [1.54, 1.807) is 12.1 Å². The Bertz CT molecular complexity index is 701. The number of Topliss-reactive ketones (excluding diaryl/α,β-unsaturated/α-hetero) is 1. The summed E-state index contributed by atoms with van der Waals surface area (Å²) in [5.41, 5.74) is 3.79. The molecule has 1 aliphatic rings. The van der Waals surface area contributed by atoms with Gasteiger partial charge in [0.2, 0.25) is 0 Å². The van der Waals surface area contributed by atoms with Crippen LogP contribution in [0.2, 0.25) is 0 Å². The Hall–Kier alpha value is -2.42. The summed E-state index contributed by atoms with van der Waals surface area (Å²) in [7, 11) is 0. The lowest BCUT2D eigenvalue weighted by atomic mass is 9.97. The molecule has 0 saturated heterocycles. The van der Waals surface area contributed by atoms with Gasteiger partial charge in [-0.15, -0.1) is 0 Å². The van der Waals surface area contributed by atoms with E-state index in [0.29, 0.717) is 6.42 Å². The molecule has 0 spiro atoms. The second-order valence-corrected chi connectivity index (χ2v) is 5.62. The fraction of sp³-hybridized carbons (Fsp3) is 0.211. The summed E-state index contributed by atoms with van der Waals surface area (Å²) in [6, 6.07) is 14.1. The molecule has 0 heterocycles. The van der Waals surface area contributed by atoms with Crippen LogP contribution >= 0.6 is 0 Å². The van der Waals surface area contributed by atoms with Gasteiger partial charge in [0, 0.05) is 17.7 Å². The molecule has 2 aromatic rings. The quantitative estimate of drug-likeness (QED) is 0.894. The molecule has 3 rings (SSSR count). The molecule has 2 aromatic carbocycles. The third-order valence-corrected chi connectivity index (χ3v) is 3.93. The van der Waals surface area contributed by atoms with Crippen molar-refractivity contribution in [2.75, 3.05) is 5.32 Å². The van der Waals surface area contributed by atoms with Gasteiger partial charge < -0.3 is 5.32 Å². The number of nitrogens with one attached hydrogen (secondary N) is 1. The number of rotatable bonds is 4. The predicted molar refractivity (Wildman–Crippen MR) is 86.3 cm³/mol. The highest BCUT2D eigenvalue weighted by Crippen LogP contribution is 2.31. The van der Waals surface area contributed by atoms with Crippen LogP contribution in [0, 0.1) is 12.7 Å². The average Bonchev–Trinajstić information content (AvgIpc) is 2.94. The summed E-state index contributed by atoms with van der Waals surface area (Å²) < 4.78 is 13.2. The van der Waals surface area contributed by atoms with E-state index in [1.807, 2.05) is 37.3 Å². The lowest BCUT2D eigenvalue weighted by Crippen LogP contribution is -2.17. The third kappa shape index (κ3) is 3.08. The molecule has 112 valence electrons. The van der Waals surface area contributed by atoms with E-state index in [0.717, 1.165) is 23.2 Å². The minimum absolute atomic E-state index is 0.161. The smallest absolute Gasteiger partial charge is 0.161 e. The molecule has 22 heavy (non-hydrogen) atoms. The van der Waals surface area contributed by atoms with Gasteiger partial charge in [-0.05, 0) is 43.2 Å². The fourth-order valence-electron chi connectivity index (χ4n) is 2.71. The van der Waals surface area contributed by atoms with Gasteiger partial charge in [0.15, 0.2) is 5.78 Å². The summed E-state index contributed by atoms with van der Waals surface area (Å²) in [6.45, 7) is 2.03. The van der Waals surface area contributed by atoms with E-state index in [-0.39, 0.29) is 17.6 Å². The first-order chi connectivity index (χ1) is 10.6. The van der Waals surface area contributed by atoms with Crippen molar-refractivity contribution in [1.82, 2.24) is 0 Å². The maximum absolute atomic E-state index is 13.2. The van der Waals surface area contributed by atoms with Gasteiger partial charge in [0.05, 0.1) is 6.04 Å². The largest absolute Gasteiger partial charge is 0.374 e. The van der Waals surface area contributed by atoms with Gasteiger partial charge in [-0.25, -0.2) is 4.39 Å². The van der Waals surface area contributed by atoms with E-state index >= 15 is 0 Å². The first-order valence-corrected chi connectivity index (χ1v) is 7.45. The van der Waals surface area contributed by atoms with Crippen LogP contribution in [0.15, 0.2) is 60.2 Å². The molecule has 2 nitrogen and oxygen atoms in total. The van der Waals surface area contributed by atoms with Gasteiger partial charge in [-0.2, -0.15) is 0 Å². The van der Waals surface area contributed by atoms with Crippen LogP contribution < -0.4 is 5.32 Å². The van der Waals surface area contributed by atoms with E-state index in [2.05, 4.69) is 5.32 Å². The fourth-order valence-corrected chi connectivity index (χ4v) is 2.71. The normalized spacial score (nSPS) is 15.5. The molecule has 1 N–H and O–H groups in total. The SMILES string of the molecule is Cc1ccc(NC(C2=CCCC2=O)c2ccc(F)cc2)cc1. The molecule has 0 saturated carbocycles. The highest BCUT2D eigenvalue weighted by atomic mass is 19.1. The zero-order valence-electron chi connectivity index (χ0n) is 12.5. The topological polar surface area (TPSA) is 29.1 Å². The summed E-state index contributed by atoms with van der Waals surface area (Å²) in [4.78, 5) is 12.1. The van der Waals surface area contributed by atoms with Crippen molar-refractivity contribution >= 4 is 11.5 Å². The van der Waals surface area contributed by atoms with Crippen molar-refractivity contribution in [3.8, 4) is 0 Å². The van der Waals surface area contributed by atoms with Crippen molar-refractivity contribution in [3.05, 3.63) is 77.1 Å². The Kier molecular flexibility index (Phi) is 4.05. The van der Waals surface area contributed by atoms with Gasteiger partial charge in [0.25, 0.3) is 0 Å². The first-order valence-electron chi connectivity index (χ1n) is 7.45. The molecule has 1 aliphatic carbocycles. The molecule has 0 amide bonds. The second-order valence-electron chi connectivity index (χ2n) is 5.62. The summed E-state index contributed by atoms with van der Waals surface area (Å²) in [6.07, 6.45) is 3.32. The maximum atomic E-state index is 13.2. The Morgan fingerprint density at radius 3 is 2.32 bits per heavy atom. The number of hydrogen-bond donors (Lipinski definition) is 1. The molecular weight excluding hydrogens is 277 g/mol. The molecular formula is C19H18FNO. The van der Waals surface area contributed by atoms with Crippen molar-refractivity contribution in [3.63, 3.8) is 0 Å². The maximum Gasteiger partial charge on any atom is 0.161 e. The van der Waals surface area contributed by atoms with Crippen molar-refractivity contribution < 1.29 is 9.18 Å². The number of carbonyl (C=O) groups excluding carboxylic acids is 1. The highest BCUT2D eigenvalue weighted by molar-refractivity contribution is 5.99.